The maximum absolute atomic E-state index is 13.8. The molecule has 0 aliphatic carbocycles. The van der Waals surface area contributed by atoms with Gasteiger partial charge in [-0.25, -0.2) is 9.18 Å². The number of benzene rings is 2. The van der Waals surface area contributed by atoms with E-state index in [4.69, 9.17) is 9.47 Å². The zero-order valence-electron chi connectivity index (χ0n) is 15.4. The first-order valence-electron chi connectivity index (χ1n) is 8.74. The number of nitrogens with zero attached hydrogens (tertiary/aromatic N) is 1. The van der Waals surface area contributed by atoms with Crippen LogP contribution in [0.3, 0.4) is 0 Å². The lowest BCUT2D eigenvalue weighted by Crippen LogP contribution is -2.36. The molecule has 7 heteroatoms. The normalized spacial score (nSPS) is 10.8. The summed E-state index contributed by atoms with van der Waals surface area (Å²) in [5.41, 5.74) is 0.971. The van der Waals surface area contributed by atoms with Crippen LogP contribution >= 0.6 is 11.3 Å². The fourth-order valence-corrected chi connectivity index (χ4v) is 3.68. The van der Waals surface area contributed by atoms with Gasteiger partial charge in [-0.1, -0.05) is 36.4 Å². The van der Waals surface area contributed by atoms with Crippen molar-refractivity contribution in [2.45, 2.75) is 6.54 Å². The maximum atomic E-state index is 13.8. The van der Waals surface area contributed by atoms with E-state index in [1.165, 1.54) is 12.1 Å². The van der Waals surface area contributed by atoms with E-state index in [1.807, 2.05) is 30.3 Å². The standard InChI is InChI=1S/C21H20FNO4S/c1-26-11-10-23(13-15-6-3-2-4-7-15)20(24)14-27-21(25)19-12-16-17(22)8-5-9-18(16)28-19/h2-9,12H,10-11,13-14H2,1H3. The van der Waals surface area contributed by atoms with E-state index in [2.05, 4.69) is 0 Å². The number of halogens is 1. The van der Waals surface area contributed by atoms with Gasteiger partial charge >= 0.3 is 5.97 Å². The predicted molar refractivity (Wildman–Crippen MR) is 106 cm³/mol. The Bertz CT molecular complexity index is 957. The molecule has 2 aromatic carbocycles. The molecule has 0 fully saturated rings. The predicted octanol–water partition coefficient (Wildman–Crippen LogP) is 3.87. The highest BCUT2D eigenvalue weighted by Gasteiger charge is 2.19. The van der Waals surface area contributed by atoms with E-state index in [-0.39, 0.29) is 17.4 Å². The van der Waals surface area contributed by atoms with Crippen molar-refractivity contribution in [2.75, 3.05) is 26.9 Å². The highest BCUT2D eigenvalue weighted by Crippen LogP contribution is 2.28. The number of fused-ring (bicyclic) bond motifs is 1. The third-order valence-electron chi connectivity index (χ3n) is 4.17. The minimum atomic E-state index is -0.639. The van der Waals surface area contributed by atoms with Gasteiger partial charge in [0.1, 0.15) is 10.7 Å². The fourth-order valence-electron chi connectivity index (χ4n) is 2.71. The highest BCUT2D eigenvalue weighted by molar-refractivity contribution is 7.20. The van der Waals surface area contributed by atoms with Gasteiger partial charge in [0.15, 0.2) is 6.61 Å². The van der Waals surface area contributed by atoms with E-state index in [0.717, 1.165) is 16.9 Å². The van der Waals surface area contributed by atoms with Gasteiger partial charge in [-0.05, 0) is 23.8 Å². The number of methoxy groups -OCH3 is 1. The van der Waals surface area contributed by atoms with E-state index < -0.39 is 11.8 Å². The van der Waals surface area contributed by atoms with Gasteiger partial charge in [-0.2, -0.15) is 0 Å². The summed E-state index contributed by atoms with van der Waals surface area (Å²) in [4.78, 5) is 26.7. The van der Waals surface area contributed by atoms with Crippen LogP contribution in [0.1, 0.15) is 15.2 Å². The Morgan fingerprint density at radius 3 is 2.61 bits per heavy atom. The van der Waals surface area contributed by atoms with Crippen LogP contribution in [-0.4, -0.2) is 43.6 Å². The van der Waals surface area contributed by atoms with Crippen molar-refractivity contribution >= 4 is 33.3 Å². The molecule has 3 aromatic rings. The molecule has 0 radical (unpaired) electrons. The first kappa shape index (κ1) is 20.0. The van der Waals surface area contributed by atoms with Crippen molar-refractivity contribution in [3.05, 3.63) is 70.9 Å². The maximum Gasteiger partial charge on any atom is 0.348 e. The lowest BCUT2D eigenvalue weighted by atomic mass is 10.2. The van der Waals surface area contributed by atoms with E-state index in [1.54, 1.807) is 24.1 Å². The lowest BCUT2D eigenvalue weighted by molar-refractivity contribution is -0.135. The van der Waals surface area contributed by atoms with Gasteiger partial charge in [-0.15, -0.1) is 11.3 Å². The minimum Gasteiger partial charge on any atom is -0.451 e. The number of hydrogen-bond donors (Lipinski definition) is 0. The Balaban J connectivity index is 1.63. The molecule has 0 atom stereocenters. The second-order valence-corrected chi connectivity index (χ2v) is 7.22. The Morgan fingerprint density at radius 2 is 1.89 bits per heavy atom. The number of esters is 1. The van der Waals surface area contributed by atoms with Crippen molar-refractivity contribution in [2.24, 2.45) is 0 Å². The third-order valence-corrected chi connectivity index (χ3v) is 5.25. The second kappa shape index (κ2) is 9.43. The summed E-state index contributed by atoms with van der Waals surface area (Å²) < 4.78 is 24.7. The molecule has 5 nitrogen and oxygen atoms in total. The van der Waals surface area contributed by atoms with Crippen LogP contribution < -0.4 is 0 Å². The topological polar surface area (TPSA) is 55.8 Å². The quantitative estimate of drug-likeness (QED) is 0.538. The average Bonchev–Trinajstić information content (AvgIpc) is 3.15. The summed E-state index contributed by atoms with van der Waals surface area (Å²) in [7, 11) is 1.56. The molecule has 0 saturated carbocycles. The molecule has 1 aromatic heterocycles. The molecule has 0 N–H and O–H groups in total. The Labute approximate surface area is 166 Å². The smallest absolute Gasteiger partial charge is 0.348 e. The van der Waals surface area contributed by atoms with Crippen molar-refractivity contribution in [1.82, 2.24) is 4.90 Å². The van der Waals surface area contributed by atoms with Gasteiger partial charge in [0.2, 0.25) is 0 Å². The molecule has 1 amide bonds. The summed E-state index contributed by atoms with van der Waals surface area (Å²) >= 11 is 1.14. The Hall–Kier alpha value is -2.77. The van der Waals surface area contributed by atoms with Crippen molar-refractivity contribution in [3.8, 4) is 0 Å². The van der Waals surface area contributed by atoms with Crippen molar-refractivity contribution in [1.29, 1.82) is 0 Å². The van der Waals surface area contributed by atoms with Crippen molar-refractivity contribution in [3.63, 3.8) is 0 Å². The SMILES string of the molecule is COCCN(Cc1ccccc1)C(=O)COC(=O)c1cc2c(F)cccc2s1. The number of carbonyl (C=O) groups is 2. The summed E-state index contributed by atoms with van der Waals surface area (Å²) in [6, 6.07) is 15.7. The summed E-state index contributed by atoms with van der Waals surface area (Å²) in [5.74, 6) is -1.35. The highest BCUT2D eigenvalue weighted by atomic mass is 32.1. The van der Waals surface area contributed by atoms with E-state index >= 15 is 0 Å². The van der Waals surface area contributed by atoms with Crippen LogP contribution in [0.4, 0.5) is 4.39 Å². The summed E-state index contributed by atoms with van der Waals surface area (Å²) in [6.07, 6.45) is 0. The number of carbonyl (C=O) groups excluding carboxylic acids is 2. The van der Waals surface area contributed by atoms with E-state index in [0.29, 0.717) is 29.8 Å². The zero-order valence-corrected chi connectivity index (χ0v) is 16.2. The number of ether oxygens (including phenoxy) is 2. The van der Waals surface area contributed by atoms with E-state index in [9.17, 15) is 14.0 Å². The molecule has 146 valence electrons. The van der Waals surface area contributed by atoms with Crippen molar-refractivity contribution < 1.29 is 23.5 Å². The number of amides is 1. The first-order valence-corrected chi connectivity index (χ1v) is 9.56. The van der Waals surface area contributed by atoms with Gasteiger partial charge in [0.05, 0.1) is 6.61 Å². The average molecular weight is 401 g/mol. The molecule has 3 rings (SSSR count). The largest absolute Gasteiger partial charge is 0.451 e. The van der Waals surface area contributed by atoms with Gasteiger partial charge in [0.25, 0.3) is 5.91 Å². The molecule has 0 unspecified atom stereocenters. The molecule has 0 aliphatic heterocycles. The third kappa shape index (κ3) is 4.94. The molecular weight excluding hydrogens is 381 g/mol. The number of thiophene rings is 1. The lowest BCUT2D eigenvalue weighted by Gasteiger charge is -2.22. The molecule has 0 saturated heterocycles. The fraction of sp³-hybridized carbons (Fsp3) is 0.238. The number of hydrogen-bond acceptors (Lipinski definition) is 5. The Morgan fingerprint density at radius 1 is 1.11 bits per heavy atom. The zero-order chi connectivity index (χ0) is 19.9. The monoisotopic (exact) mass is 401 g/mol. The first-order chi connectivity index (χ1) is 13.6. The van der Waals surface area contributed by atoms with Crippen LogP contribution in [-0.2, 0) is 20.8 Å². The number of rotatable bonds is 8. The molecule has 1 heterocycles. The van der Waals surface area contributed by atoms with Gasteiger partial charge in [0, 0.05) is 30.3 Å². The van der Waals surface area contributed by atoms with Gasteiger partial charge in [-0.3, -0.25) is 4.79 Å². The van der Waals surface area contributed by atoms with Crippen LogP contribution in [0.2, 0.25) is 0 Å². The van der Waals surface area contributed by atoms with Gasteiger partial charge < -0.3 is 14.4 Å². The molecule has 0 bridgehead atoms. The summed E-state index contributed by atoms with van der Waals surface area (Å²) in [6.45, 7) is 0.777. The van der Waals surface area contributed by atoms with Crippen LogP contribution in [0.25, 0.3) is 10.1 Å². The van der Waals surface area contributed by atoms with Crippen LogP contribution in [0.5, 0.6) is 0 Å². The molecular formula is C21H20FNO4S. The summed E-state index contributed by atoms with van der Waals surface area (Å²) in [5, 5.41) is 0.372. The Kier molecular flexibility index (Phi) is 6.73. The minimum absolute atomic E-state index is 0.263. The van der Waals surface area contributed by atoms with Crippen LogP contribution in [0, 0.1) is 5.82 Å². The molecule has 0 aliphatic rings. The molecule has 0 spiro atoms. The van der Waals surface area contributed by atoms with Crippen LogP contribution in [0.15, 0.2) is 54.6 Å². The molecule has 28 heavy (non-hydrogen) atoms. The second-order valence-electron chi connectivity index (χ2n) is 6.13.